The highest BCUT2D eigenvalue weighted by molar-refractivity contribution is 5.68. The maximum Gasteiger partial charge on any atom is 0.408 e. The zero-order valence-corrected chi connectivity index (χ0v) is 32.4. The lowest BCUT2D eigenvalue weighted by molar-refractivity contribution is -0.690. The molecular weight excluding hydrogens is 705 g/mol. The van der Waals surface area contributed by atoms with Crippen LogP contribution in [0.15, 0.2) is 122 Å². The van der Waals surface area contributed by atoms with Crippen molar-refractivity contribution in [2.24, 2.45) is 11.8 Å². The monoisotopic (exact) mass is 754 g/mol. The van der Waals surface area contributed by atoms with Crippen LogP contribution in [0, 0.1) is 11.8 Å². The van der Waals surface area contributed by atoms with Gasteiger partial charge in [-0.2, -0.15) is 0 Å². The lowest BCUT2D eigenvalue weighted by Gasteiger charge is -2.21. The topological polar surface area (TPSA) is 120 Å². The second kappa shape index (κ2) is 17.4. The summed E-state index contributed by atoms with van der Waals surface area (Å²) in [6, 6.07) is 30.8. The van der Waals surface area contributed by atoms with E-state index < -0.39 is 12.2 Å². The lowest BCUT2D eigenvalue weighted by Crippen LogP contribution is -2.35. The fourth-order valence-electron chi connectivity index (χ4n) is 7.08. The summed E-state index contributed by atoms with van der Waals surface area (Å²) in [5, 5.41) is 6.29. The van der Waals surface area contributed by atoms with Crippen molar-refractivity contribution in [2.75, 3.05) is 0 Å². The summed E-state index contributed by atoms with van der Waals surface area (Å²) in [7, 11) is 0. The molecule has 2 amide bonds. The summed E-state index contributed by atoms with van der Waals surface area (Å²) in [4.78, 5) is 36.5. The van der Waals surface area contributed by atoms with E-state index in [1.807, 2.05) is 97.1 Å². The van der Waals surface area contributed by atoms with Crippen LogP contribution in [-0.2, 0) is 48.9 Å². The van der Waals surface area contributed by atoms with Gasteiger partial charge in [-0.15, -0.1) is 0 Å². The zero-order chi connectivity index (χ0) is 39.0. The highest BCUT2D eigenvalue weighted by atomic mass is 16.6. The number of carbonyl (C=O) groups is 2. The van der Waals surface area contributed by atoms with Gasteiger partial charge < -0.3 is 20.1 Å². The summed E-state index contributed by atoms with van der Waals surface area (Å²) in [6.07, 6.45) is 7.35. The van der Waals surface area contributed by atoms with Crippen LogP contribution in [0.25, 0.3) is 0 Å². The quantitative estimate of drug-likeness (QED) is 0.156. The van der Waals surface area contributed by atoms with E-state index in [1.165, 1.54) is 0 Å². The number of amides is 2. The van der Waals surface area contributed by atoms with Gasteiger partial charge in [0, 0.05) is 0 Å². The fourth-order valence-corrected chi connectivity index (χ4v) is 7.08. The Balaban J connectivity index is 1.19. The van der Waals surface area contributed by atoms with Gasteiger partial charge in [0.1, 0.15) is 51.8 Å². The summed E-state index contributed by atoms with van der Waals surface area (Å²) in [5.74, 6) is 0.125. The average molecular weight is 755 g/mol. The van der Waals surface area contributed by atoms with Gasteiger partial charge in [0.05, 0.1) is 34.9 Å². The van der Waals surface area contributed by atoms with Crippen molar-refractivity contribution in [3.63, 3.8) is 0 Å². The molecule has 5 heterocycles. The molecule has 12 nitrogen and oxygen atoms in total. The zero-order valence-electron chi connectivity index (χ0n) is 32.4. The molecule has 8 bridgehead atoms. The van der Waals surface area contributed by atoms with Crippen molar-refractivity contribution in [3.8, 4) is 0 Å². The number of hydrogen-bond acceptors (Lipinski definition) is 6. The standard InChI is InChI=1S/C44H48N8O4/c1-31(2)41(47-43(53)55-27-33-13-7-5-8-14-33)39-25-49-21-35-17-11-18-36(45-35)22-50-26-40(42(32(3)4)48-44(54)56-28-34-15-9-6-10-16-34)52(30-50)24-38-20-12-19-37(46-38)23-51(39)29-49/h5-20,25-26,29-32,41-42H,21-24,27-28H2,1-4H3/p+2/t41-,42-/m0/s1. The molecule has 2 atom stereocenters. The van der Waals surface area contributed by atoms with Crippen LogP contribution < -0.4 is 19.8 Å². The van der Waals surface area contributed by atoms with E-state index >= 15 is 0 Å². The van der Waals surface area contributed by atoms with E-state index in [9.17, 15) is 9.59 Å². The number of rotatable bonds is 10. The van der Waals surface area contributed by atoms with Crippen LogP contribution in [0.4, 0.5) is 9.59 Å². The largest absolute Gasteiger partial charge is 0.445 e. The molecule has 2 aromatic carbocycles. The number of nitrogens with zero attached hydrogens (tertiary/aromatic N) is 6. The van der Waals surface area contributed by atoms with Crippen molar-refractivity contribution < 1.29 is 28.2 Å². The Morgan fingerprint density at radius 2 is 0.982 bits per heavy atom. The summed E-state index contributed by atoms with van der Waals surface area (Å²) in [5.41, 5.74) is 7.27. The first-order valence-corrected chi connectivity index (χ1v) is 19.2. The Labute approximate surface area is 327 Å². The number of carbonyl (C=O) groups excluding carboxylic acids is 2. The number of imidazole rings is 2. The predicted octanol–water partition coefficient (Wildman–Crippen LogP) is 6.41. The van der Waals surface area contributed by atoms with E-state index in [1.54, 1.807) is 0 Å². The van der Waals surface area contributed by atoms with Gasteiger partial charge in [0.15, 0.2) is 11.4 Å². The SMILES string of the molecule is CC(C)[C@H](NC(=O)OCc1ccccc1)c1c[n+]2cn1Cc1cccc(n1)Cn1c[n+](cc1[C@@H](NC(=O)OCc1ccccc1)C(C)C)Cc1cccc(n1)C2. The Bertz CT molecular complexity index is 2100. The predicted molar refractivity (Wildman–Crippen MR) is 209 cm³/mol. The van der Waals surface area contributed by atoms with Crippen LogP contribution in [0.5, 0.6) is 0 Å². The Morgan fingerprint density at radius 3 is 1.39 bits per heavy atom. The molecule has 2 N–H and O–H groups in total. The van der Waals surface area contributed by atoms with Gasteiger partial charge >= 0.3 is 12.2 Å². The van der Waals surface area contributed by atoms with E-state index in [0.29, 0.717) is 26.2 Å². The number of pyridine rings is 2. The molecule has 1 aliphatic rings. The van der Waals surface area contributed by atoms with Gasteiger partial charge in [-0.25, -0.2) is 37.8 Å². The number of ether oxygens (including phenoxy) is 2. The van der Waals surface area contributed by atoms with Crippen LogP contribution in [0.2, 0.25) is 0 Å². The molecule has 56 heavy (non-hydrogen) atoms. The van der Waals surface area contributed by atoms with Gasteiger partial charge in [-0.05, 0) is 47.2 Å². The van der Waals surface area contributed by atoms with Crippen molar-refractivity contribution in [2.45, 2.75) is 79.2 Å². The smallest absolute Gasteiger partial charge is 0.408 e. The fraction of sp³-hybridized carbons (Fsp3) is 0.318. The molecule has 12 heteroatoms. The molecule has 0 saturated heterocycles. The van der Waals surface area contributed by atoms with Crippen LogP contribution in [-0.4, -0.2) is 31.3 Å². The Kier molecular flexibility index (Phi) is 11.8. The summed E-state index contributed by atoms with van der Waals surface area (Å²) in [6.45, 7) is 10.8. The van der Waals surface area contributed by atoms with E-state index in [2.05, 4.69) is 81.6 Å². The number of hydrogen-bond donors (Lipinski definition) is 2. The first kappa shape index (κ1) is 38.0. The number of nitrogens with one attached hydrogen (secondary N) is 2. The number of alkyl carbamates (subject to hydrolysis) is 2. The van der Waals surface area contributed by atoms with E-state index in [-0.39, 0.29) is 37.1 Å². The second-order valence-electron chi connectivity index (χ2n) is 15.0. The average Bonchev–Trinajstić information content (AvgIpc) is 3.77. The normalized spacial score (nSPS) is 13.5. The van der Waals surface area contributed by atoms with Gasteiger partial charge in [0.25, 0.3) is 0 Å². The van der Waals surface area contributed by atoms with Crippen LogP contribution >= 0.6 is 0 Å². The van der Waals surface area contributed by atoms with Gasteiger partial charge in [-0.1, -0.05) is 100 Å². The van der Waals surface area contributed by atoms with E-state index in [4.69, 9.17) is 19.4 Å². The van der Waals surface area contributed by atoms with Crippen molar-refractivity contribution in [1.82, 2.24) is 29.7 Å². The number of aromatic nitrogens is 6. The minimum atomic E-state index is -0.474. The maximum atomic E-state index is 13.2. The van der Waals surface area contributed by atoms with Gasteiger partial charge in [0.2, 0.25) is 12.7 Å². The minimum Gasteiger partial charge on any atom is -0.445 e. The third-order valence-electron chi connectivity index (χ3n) is 9.86. The first-order chi connectivity index (χ1) is 27.2. The first-order valence-electron chi connectivity index (χ1n) is 19.2. The molecule has 7 rings (SSSR count). The van der Waals surface area contributed by atoms with Crippen molar-refractivity contribution in [1.29, 1.82) is 0 Å². The molecule has 0 fully saturated rings. The summed E-state index contributed by atoms with van der Waals surface area (Å²) >= 11 is 0. The molecule has 0 radical (unpaired) electrons. The van der Waals surface area contributed by atoms with Crippen molar-refractivity contribution >= 4 is 12.2 Å². The third-order valence-corrected chi connectivity index (χ3v) is 9.86. The lowest BCUT2D eigenvalue weighted by atomic mass is 10.0. The number of fused-ring (bicyclic) bond motifs is 8. The molecule has 0 spiro atoms. The minimum absolute atomic E-state index is 0.0625. The maximum absolute atomic E-state index is 13.2. The third kappa shape index (κ3) is 9.67. The second-order valence-corrected chi connectivity index (χ2v) is 15.0. The van der Waals surface area contributed by atoms with Crippen molar-refractivity contribution in [3.05, 3.63) is 167 Å². The summed E-state index contributed by atoms with van der Waals surface area (Å²) < 4.78 is 19.8. The van der Waals surface area contributed by atoms with E-state index in [0.717, 1.165) is 45.3 Å². The Hall–Kier alpha value is -6.30. The molecule has 6 aromatic rings. The van der Waals surface area contributed by atoms with Crippen LogP contribution in [0.3, 0.4) is 0 Å². The molecule has 1 aliphatic heterocycles. The molecule has 288 valence electrons. The highest BCUT2D eigenvalue weighted by Gasteiger charge is 2.31. The molecular formula is C44H50N8O4+2. The molecule has 0 saturated carbocycles. The molecule has 4 aromatic heterocycles. The molecule has 0 aliphatic carbocycles. The highest BCUT2D eigenvalue weighted by Crippen LogP contribution is 2.25. The number of benzene rings is 2. The van der Waals surface area contributed by atoms with Crippen LogP contribution in [0.1, 0.15) is 85.1 Å². The van der Waals surface area contributed by atoms with Gasteiger partial charge in [-0.3, -0.25) is 0 Å². The molecule has 0 unspecified atom stereocenters. The Morgan fingerprint density at radius 1 is 0.589 bits per heavy atom.